The van der Waals surface area contributed by atoms with Crippen molar-refractivity contribution in [1.29, 1.82) is 0 Å². The largest absolute Gasteiger partial charge is 0.397 e. The molecular weight excluding hydrogens is 216 g/mol. The van der Waals surface area contributed by atoms with E-state index in [0.29, 0.717) is 17.3 Å². The number of nitrogens with one attached hydrogen (secondary N) is 2. The Bertz CT molecular complexity index is 380. The van der Waals surface area contributed by atoms with Crippen LogP contribution in [0.2, 0.25) is 0 Å². The number of hydrogen-bond donors (Lipinski definition) is 3. The highest BCUT2D eigenvalue weighted by molar-refractivity contribution is 5.93. The summed E-state index contributed by atoms with van der Waals surface area (Å²) in [7, 11) is 2.14. The Balaban J connectivity index is 1.76. The monoisotopic (exact) mass is 236 g/mol. The van der Waals surface area contributed by atoms with Crippen LogP contribution in [0.5, 0.6) is 0 Å². The van der Waals surface area contributed by atoms with Gasteiger partial charge >= 0.3 is 0 Å². The molecule has 17 heavy (non-hydrogen) atoms. The highest BCUT2D eigenvalue weighted by Crippen LogP contribution is 2.15. The number of hydrogen-bond acceptors (Lipinski definition) is 3. The molecule has 1 aromatic rings. The molecule has 5 heteroatoms. The van der Waals surface area contributed by atoms with Crippen molar-refractivity contribution >= 4 is 11.6 Å². The maximum atomic E-state index is 11.8. The molecule has 0 aromatic carbocycles. The molecule has 0 atom stereocenters. The minimum absolute atomic E-state index is 0.0689. The van der Waals surface area contributed by atoms with Crippen LogP contribution in [0.15, 0.2) is 12.3 Å². The molecule has 1 saturated heterocycles. The Kier molecular flexibility index (Phi) is 3.68. The first-order chi connectivity index (χ1) is 8.15. The lowest BCUT2D eigenvalue weighted by atomic mass is 9.97. The molecule has 0 unspecified atom stereocenters. The number of likely N-dealkylation sites (tertiary alicyclic amines) is 1. The second-order valence-electron chi connectivity index (χ2n) is 4.80. The first-order valence-corrected chi connectivity index (χ1v) is 6.06. The molecule has 0 saturated carbocycles. The van der Waals surface area contributed by atoms with Crippen LogP contribution in [-0.4, -0.2) is 42.5 Å². The van der Waals surface area contributed by atoms with Crippen LogP contribution in [0.3, 0.4) is 0 Å². The second-order valence-corrected chi connectivity index (χ2v) is 4.80. The van der Waals surface area contributed by atoms with Gasteiger partial charge < -0.3 is 20.9 Å². The number of anilines is 1. The van der Waals surface area contributed by atoms with Gasteiger partial charge in [-0.05, 0) is 45.0 Å². The minimum Gasteiger partial charge on any atom is -0.397 e. The van der Waals surface area contributed by atoms with E-state index in [1.807, 2.05) is 0 Å². The summed E-state index contributed by atoms with van der Waals surface area (Å²) in [6.45, 7) is 3.00. The summed E-state index contributed by atoms with van der Waals surface area (Å²) in [6, 6.07) is 1.66. The Morgan fingerprint density at radius 1 is 1.59 bits per heavy atom. The molecule has 1 fully saturated rings. The molecule has 2 rings (SSSR count). The van der Waals surface area contributed by atoms with E-state index >= 15 is 0 Å². The Morgan fingerprint density at radius 2 is 2.29 bits per heavy atom. The average molecular weight is 236 g/mol. The molecular formula is C12H20N4O. The number of carbonyl (C=O) groups excluding carboxylic acids is 1. The number of H-pyrrole nitrogens is 1. The van der Waals surface area contributed by atoms with E-state index in [9.17, 15) is 4.79 Å². The normalized spacial score (nSPS) is 18.2. The molecule has 1 amide bonds. The predicted octanol–water partition coefficient (Wildman–Crippen LogP) is 0.669. The molecule has 1 aliphatic heterocycles. The van der Waals surface area contributed by atoms with Gasteiger partial charge in [-0.15, -0.1) is 0 Å². The van der Waals surface area contributed by atoms with E-state index in [0.717, 1.165) is 32.5 Å². The number of aromatic nitrogens is 1. The summed E-state index contributed by atoms with van der Waals surface area (Å²) in [4.78, 5) is 16.9. The van der Waals surface area contributed by atoms with Gasteiger partial charge in [-0.3, -0.25) is 4.79 Å². The maximum absolute atomic E-state index is 11.8. The molecule has 0 radical (unpaired) electrons. The molecule has 94 valence electrons. The standard InChI is InChI=1S/C12H20N4O/c1-16-4-2-9(3-5-16)7-15-12(17)11-6-10(13)8-14-11/h6,8-9,14H,2-5,7,13H2,1H3,(H,15,17). The zero-order chi connectivity index (χ0) is 12.3. The lowest BCUT2D eigenvalue weighted by Gasteiger charge is -2.28. The molecule has 1 aromatic heterocycles. The Morgan fingerprint density at radius 3 is 2.88 bits per heavy atom. The van der Waals surface area contributed by atoms with Gasteiger partial charge in [-0.25, -0.2) is 0 Å². The minimum atomic E-state index is -0.0689. The van der Waals surface area contributed by atoms with Gasteiger partial charge in [-0.1, -0.05) is 0 Å². The summed E-state index contributed by atoms with van der Waals surface area (Å²) in [5.41, 5.74) is 6.68. The zero-order valence-corrected chi connectivity index (χ0v) is 10.2. The van der Waals surface area contributed by atoms with Crippen LogP contribution in [0.4, 0.5) is 5.69 Å². The van der Waals surface area contributed by atoms with Crippen molar-refractivity contribution in [2.24, 2.45) is 5.92 Å². The van der Waals surface area contributed by atoms with E-state index < -0.39 is 0 Å². The molecule has 0 bridgehead atoms. The lowest BCUT2D eigenvalue weighted by Crippen LogP contribution is -2.36. The third-order valence-electron chi connectivity index (χ3n) is 3.34. The van der Waals surface area contributed by atoms with E-state index in [1.165, 1.54) is 0 Å². The predicted molar refractivity (Wildman–Crippen MR) is 67.8 cm³/mol. The third-order valence-corrected chi connectivity index (χ3v) is 3.34. The van der Waals surface area contributed by atoms with Crippen LogP contribution in [0, 0.1) is 5.92 Å². The summed E-state index contributed by atoms with van der Waals surface area (Å²) in [5.74, 6) is 0.531. The van der Waals surface area contributed by atoms with Gasteiger partial charge in [0.1, 0.15) is 5.69 Å². The van der Waals surface area contributed by atoms with E-state index in [2.05, 4.69) is 22.2 Å². The first kappa shape index (κ1) is 12.0. The number of aromatic amines is 1. The number of piperidine rings is 1. The van der Waals surface area contributed by atoms with Crippen LogP contribution >= 0.6 is 0 Å². The number of nitrogens with two attached hydrogens (primary N) is 1. The Hall–Kier alpha value is -1.49. The summed E-state index contributed by atoms with van der Waals surface area (Å²) in [6.07, 6.45) is 3.94. The van der Waals surface area contributed by atoms with Crippen molar-refractivity contribution in [3.05, 3.63) is 18.0 Å². The fourth-order valence-corrected chi connectivity index (χ4v) is 2.14. The topological polar surface area (TPSA) is 74.2 Å². The third kappa shape index (κ3) is 3.23. The number of nitrogens with zero attached hydrogens (tertiary/aromatic N) is 1. The maximum Gasteiger partial charge on any atom is 0.267 e. The van der Waals surface area contributed by atoms with Crippen molar-refractivity contribution < 1.29 is 4.79 Å². The highest BCUT2D eigenvalue weighted by atomic mass is 16.1. The number of nitrogen functional groups attached to an aromatic ring is 1. The fraction of sp³-hybridized carbons (Fsp3) is 0.583. The van der Waals surface area contributed by atoms with Crippen molar-refractivity contribution in [3.63, 3.8) is 0 Å². The number of amides is 1. The van der Waals surface area contributed by atoms with Crippen molar-refractivity contribution in [2.45, 2.75) is 12.8 Å². The molecule has 4 N–H and O–H groups in total. The van der Waals surface area contributed by atoms with Crippen LogP contribution in [-0.2, 0) is 0 Å². The van der Waals surface area contributed by atoms with Crippen molar-refractivity contribution in [2.75, 3.05) is 32.4 Å². The highest BCUT2D eigenvalue weighted by Gasteiger charge is 2.17. The van der Waals surface area contributed by atoms with Crippen molar-refractivity contribution in [3.8, 4) is 0 Å². The van der Waals surface area contributed by atoms with E-state index in [4.69, 9.17) is 5.73 Å². The van der Waals surface area contributed by atoms with E-state index in [-0.39, 0.29) is 5.91 Å². The Labute approximate surface area is 101 Å². The van der Waals surface area contributed by atoms with Gasteiger partial charge in [0, 0.05) is 18.4 Å². The molecule has 2 heterocycles. The van der Waals surface area contributed by atoms with E-state index in [1.54, 1.807) is 12.3 Å². The van der Waals surface area contributed by atoms with Gasteiger partial charge in [0.05, 0.1) is 0 Å². The average Bonchev–Trinajstić information content (AvgIpc) is 2.75. The quantitative estimate of drug-likeness (QED) is 0.722. The summed E-state index contributed by atoms with van der Waals surface area (Å²) >= 11 is 0. The number of carbonyl (C=O) groups is 1. The lowest BCUT2D eigenvalue weighted by molar-refractivity contribution is 0.0934. The first-order valence-electron chi connectivity index (χ1n) is 6.06. The molecule has 0 spiro atoms. The second kappa shape index (κ2) is 5.23. The SMILES string of the molecule is CN1CCC(CNC(=O)c2cc(N)c[nH]2)CC1. The smallest absolute Gasteiger partial charge is 0.267 e. The van der Waals surface area contributed by atoms with Gasteiger partial charge in [0.25, 0.3) is 5.91 Å². The summed E-state index contributed by atoms with van der Waals surface area (Å²) < 4.78 is 0. The molecule has 0 aliphatic carbocycles. The van der Waals surface area contributed by atoms with Crippen LogP contribution < -0.4 is 11.1 Å². The van der Waals surface area contributed by atoms with Crippen LogP contribution in [0.25, 0.3) is 0 Å². The van der Waals surface area contributed by atoms with Crippen LogP contribution in [0.1, 0.15) is 23.3 Å². The molecule has 5 nitrogen and oxygen atoms in total. The number of rotatable bonds is 3. The van der Waals surface area contributed by atoms with Crippen molar-refractivity contribution in [1.82, 2.24) is 15.2 Å². The van der Waals surface area contributed by atoms with Gasteiger partial charge in [0.2, 0.25) is 0 Å². The summed E-state index contributed by atoms with van der Waals surface area (Å²) in [5, 5.41) is 2.95. The van der Waals surface area contributed by atoms with Gasteiger partial charge in [-0.2, -0.15) is 0 Å². The van der Waals surface area contributed by atoms with Gasteiger partial charge in [0.15, 0.2) is 0 Å². The zero-order valence-electron chi connectivity index (χ0n) is 10.2. The fourth-order valence-electron chi connectivity index (χ4n) is 2.14. The molecule has 1 aliphatic rings.